The Bertz CT molecular complexity index is 880. The van der Waals surface area contributed by atoms with Gasteiger partial charge in [-0.3, -0.25) is 9.78 Å². The summed E-state index contributed by atoms with van der Waals surface area (Å²) in [6.07, 6.45) is 13.4. The molecule has 160 valence electrons. The van der Waals surface area contributed by atoms with E-state index in [1.807, 2.05) is 17.0 Å². The van der Waals surface area contributed by atoms with Gasteiger partial charge in [-0.15, -0.1) is 0 Å². The zero-order valence-electron chi connectivity index (χ0n) is 17.7. The summed E-state index contributed by atoms with van der Waals surface area (Å²) >= 11 is 0. The minimum absolute atomic E-state index is 0.209. The molecule has 0 N–H and O–H groups in total. The molecule has 30 heavy (non-hydrogen) atoms. The van der Waals surface area contributed by atoms with Crippen molar-refractivity contribution in [2.24, 2.45) is 0 Å². The van der Waals surface area contributed by atoms with Crippen molar-refractivity contribution >= 4 is 5.91 Å². The first-order chi connectivity index (χ1) is 14.7. The monoisotopic (exact) mass is 410 g/mol. The highest BCUT2D eigenvalue weighted by atomic mass is 16.5. The van der Waals surface area contributed by atoms with E-state index >= 15 is 0 Å². The summed E-state index contributed by atoms with van der Waals surface area (Å²) in [5, 5.41) is 4.33. The fourth-order valence-corrected chi connectivity index (χ4v) is 4.56. The van der Waals surface area contributed by atoms with Crippen LogP contribution in [0.4, 0.5) is 0 Å². The van der Waals surface area contributed by atoms with Crippen molar-refractivity contribution in [2.75, 3.05) is 26.8 Å². The lowest BCUT2D eigenvalue weighted by molar-refractivity contribution is -0.133. The van der Waals surface area contributed by atoms with Gasteiger partial charge in [0.25, 0.3) is 5.89 Å². The first-order valence-corrected chi connectivity index (χ1v) is 10.9. The van der Waals surface area contributed by atoms with Crippen molar-refractivity contribution in [1.82, 2.24) is 20.0 Å². The molecule has 2 aromatic heterocycles. The lowest BCUT2D eigenvalue weighted by Crippen LogP contribution is -2.49. The van der Waals surface area contributed by atoms with Crippen LogP contribution in [0, 0.1) is 0 Å². The predicted octanol–water partition coefficient (Wildman–Crippen LogP) is 3.92. The summed E-state index contributed by atoms with van der Waals surface area (Å²) in [5.74, 6) is 1.33. The van der Waals surface area contributed by atoms with Gasteiger partial charge in [-0.1, -0.05) is 16.8 Å². The quantitative estimate of drug-likeness (QED) is 0.644. The van der Waals surface area contributed by atoms with Crippen LogP contribution >= 0.6 is 0 Å². The highest BCUT2D eigenvalue weighted by Gasteiger charge is 2.42. The molecule has 7 nitrogen and oxygen atoms in total. The SMILES string of the molecule is COCCC1(c2noc(-c3cccnc3)n2)CCCN(C(=O)CC2=CCCCC2)C1. The van der Waals surface area contributed by atoms with Crippen molar-refractivity contribution < 1.29 is 14.1 Å². The van der Waals surface area contributed by atoms with E-state index in [0.29, 0.717) is 31.3 Å². The molecule has 0 aromatic carbocycles. The van der Waals surface area contributed by atoms with Gasteiger partial charge in [0.1, 0.15) is 0 Å². The number of rotatable bonds is 7. The molecule has 1 saturated heterocycles. The van der Waals surface area contributed by atoms with Gasteiger partial charge < -0.3 is 14.2 Å². The first kappa shape index (κ1) is 20.7. The Balaban J connectivity index is 1.54. The molecule has 4 rings (SSSR count). The van der Waals surface area contributed by atoms with Gasteiger partial charge in [-0.2, -0.15) is 4.98 Å². The number of hydrogen-bond acceptors (Lipinski definition) is 6. The van der Waals surface area contributed by atoms with Crippen molar-refractivity contribution in [3.8, 4) is 11.5 Å². The van der Waals surface area contributed by atoms with E-state index in [1.165, 1.54) is 18.4 Å². The van der Waals surface area contributed by atoms with Crippen LogP contribution < -0.4 is 0 Å². The first-order valence-electron chi connectivity index (χ1n) is 10.9. The van der Waals surface area contributed by atoms with Gasteiger partial charge in [0.05, 0.1) is 11.0 Å². The van der Waals surface area contributed by atoms with Crippen LogP contribution in [0.1, 0.15) is 57.2 Å². The van der Waals surface area contributed by atoms with Crippen LogP contribution in [0.25, 0.3) is 11.5 Å². The molecule has 2 aromatic rings. The van der Waals surface area contributed by atoms with Gasteiger partial charge in [0, 0.05) is 45.6 Å². The molecule has 0 radical (unpaired) electrons. The van der Waals surface area contributed by atoms with E-state index in [2.05, 4.69) is 16.2 Å². The number of allylic oxidation sites excluding steroid dienone is 1. The van der Waals surface area contributed by atoms with Crippen molar-refractivity contribution in [3.05, 3.63) is 42.0 Å². The van der Waals surface area contributed by atoms with E-state index in [-0.39, 0.29) is 11.3 Å². The van der Waals surface area contributed by atoms with Crippen LogP contribution in [0.2, 0.25) is 0 Å². The third-order valence-electron chi connectivity index (χ3n) is 6.29. The molecule has 0 spiro atoms. The minimum atomic E-state index is -0.352. The lowest BCUT2D eigenvalue weighted by atomic mass is 9.76. The molecule has 1 amide bonds. The molecular formula is C23H30N4O3. The van der Waals surface area contributed by atoms with E-state index in [4.69, 9.17) is 14.2 Å². The number of amides is 1. The Kier molecular flexibility index (Phi) is 6.57. The minimum Gasteiger partial charge on any atom is -0.385 e. The molecule has 1 aliphatic carbocycles. The highest BCUT2D eigenvalue weighted by Crippen LogP contribution is 2.37. The fourth-order valence-electron chi connectivity index (χ4n) is 4.56. The average Bonchev–Trinajstić information content (AvgIpc) is 3.30. The Morgan fingerprint density at radius 1 is 1.33 bits per heavy atom. The second-order valence-corrected chi connectivity index (χ2v) is 8.39. The number of ether oxygens (including phenoxy) is 1. The Labute approximate surface area is 177 Å². The smallest absolute Gasteiger partial charge is 0.259 e. The molecule has 0 bridgehead atoms. The van der Waals surface area contributed by atoms with E-state index in [1.54, 1.807) is 19.5 Å². The van der Waals surface area contributed by atoms with Crippen LogP contribution in [0.5, 0.6) is 0 Å². The summed E-state index contributed by atoms with van der Waals surface area (Å²) in [5.41, 5.74) is 1.73. The third-order valence-corrected chi connectivity index (χ3v) is 6.29. The molecule has 1 fully saturated rings. The number of likely N-dealkylation sites (tertiary alicyclic amines) is 1. The number of nitrogens with zero attached hydrogens (tertiary/aromatic N) is 4. The van der Waals surface area contributed by atoms with Crippen molar-refractivity contribution in [2.45, 2.75) is 56.8 Å². The van der Waals surface area contributed by atoms with Crippen LogP contribution in [-0.4, -0.2) is 52.7 Å². The van der Waals surface area contributed by atoms with Gasteiger partial charge in [0.15, 0.2) is 5.82 Å². The maximum atomic E-state index is 13.1. The summed E-state index contributed by atoms with van der Waals surface area (Å²) in [4.78, 5) is 23.9. The molecule has 0 saturated carbocycles. The van der Waals surface area contributed by atoms with Gasteiger partial charge >= 0.3 is 0 Å². The number of pyridine rings is 1. The second kappa shape index (κ2) is 9.51. The van der Waals surface area contributed by atoms with Crippen LogP contribution in [0.15, 0.2) is 40.7 Å². The highest BCUT2D eigenvalue weighted by molar-refractivity contribution is 5.79. The van der Waals surface area contributed by atoms with Gasteiger partial charge in [-0.05, 0) is 57.1 Å². The Morgan fingerprint density at radius 3 is 3.03 bits per heavy atom. The largest absolute Gasteiger partial charge is 0.385 e. The molecule has 7 heteroatoms. The number of aromatic nitrogens is 3. The molecule has 1 atom stereocenters. The van der Waals surface area contributed by atoms with E-state index < -0.39 is 0 Å². The third kappa shape index (κ3) is 4.61. The number of hydrogen-bond donors (Lipinski definition) is 0. The summed E-state index contributed by atoms with van der Waals surface area (Å²) in [6, 6.07) is 3.75. The lowest BCUT2D eigenvalue weighted by Gasteiger charge is -2.41. The number of carbonyl (C=O) groups excluding carboxylic acids is 1. The molecule has 3 heterocycles. The summed E-state index contributed by atoms with van der Waals surface area (Å²) < 4.78 is 11.0. The standard InChI is InChI=1S/C23H30N4O3/c1-29-14-11-23(22-25-21(30-26-22)19-9-5-12-24-16-19)10-6-13-27(17-23)20(28)15-18-7-3-2-4-8-18/h5,7,9,12,16H,2-4,6,8,10-11,13-15,17H2,1H3. The topological polar surface area (TPSA) is 81.3 Å². The zero-order valence-corrected chi connectivity index (χ0v) is 17.7. The number of piperidine rings is 1. The number of methoxy groups -OCH3 is 1. The maximum Gasteiger partial charge on any atom is 0.259 e. The normalized spacial score (nSPS) is 22.0. The Hall–Kier alpha value is -2.54. The van der Waals surface area contributed by atoms with Crippen LogP contribution in [0.3, 0.4) is 0 Å². The van der Waals surface area contributed by atoms with Crippen molar-refractivity contribution in [1.29, 1.82) is 0 Å². The Morgan fingerprint density at radius 2 is 2.27 bits per heavy atom. The summed E-state index contributed by atoms with van der Waals surface area (Å²) in [6.45, 7) is 1.98. The predicted molar refractivity (Wildman–Crippen MR) is 113 cm³/mol. The molecular weight excluding hydrogens is 380 g/mol. The van der Waals surface area contributed by atoms with E-state index in [0.717, 1.165) is 44.2 Å². The number of carbonyl (C=O) groups is 1. The fraction of sp³-hybridized carbons (Fsp3) is 0.565. The zero-order chi connectivity index (χ0) is 20.8. The van der Waals surface area contributed by atoms with E-state index in [9.17, 15) is 4.79 Å². The van der Waals surface area contributed by atoms with Gasteiger partial charge in [-0.25, -0.2) is 0 Å². The summed E-state index contributed by atoms with van der Waals surface area (Å²) in [7, 11) is 1.70. The molecule has 2 aliphatic rings. The molecule has 1 unspecified atom stereocenters. The second-order valence-electron chi connectivity index (χ2n) is 8.39. The van der Waals surface area contributed by atoms with Crippen LogP contribution in [-0.2, 0) is 14.9 Å². The maximum absolute atomic E-state index is 13.1. The van der Waals surface area contributed by atoms with Gasteiger partial charge in [0.2, 0.25) is 5.91 Å². The van der Waals surface area contributed by atoms with Crippen molar-refractivity contribution in [3.63, 3.8) is 0 Å². The molecule has 1 aliphatic heterocycles. The average molecular weight is 411 g/mol.